The number of aromatic hydroxyl groups is 2. The largest absolute Gasteiger partial charge is 0.504 e. The predicted octanol–water partition coefficient (Wildman–Crippen LogP) is 3.96. The molecule has 0 aliphatic rings. The molecule has 1 aromatic heterocycles. The first kappa shape index (κ1) is 16.1. The smallest absolute Gasteiger partial charge is 0.342 e. The fraction of sp³-hybridized carbons (Fsp3) is 0.111. The number of aryl methyl sites for hydroxylation is 1. The van der Waals surface area contributed by atoms with E-state index in [9.17, 15) is 15.0 Å². The Morgan fingerprint density at radius 1 is 1.17 bits per heavy atom. The van der Waals surface area contributed by atoms with Crippen molar-refractivity contribution in [3.05, 3.63) is 64.3 Å². The van der Waals surface area contributed by atoms with Crippen molar-refractivity contribution in [2.45, 2.75) is 13.5 Å². The summed E-state index contributed by atoms with van der Waals surface area (Å²) >= 11 is 6.12. The summed E-state index contributed by atoms with van der Waals surface area (Å²) in [5.41, 5.74) is 1.66. The number of phenols is 2. The number of para-hydroxylation sites is 1. The number of hydrogen-bond donors (Lipinski definition) is 2. The van der Waals surface area contributed by atoms with E-state index in [-0.39, 0.29) is 23.1 Å². The van der Waals surface area contributed by atoms with Gasteiger partial charge in [-0.25, -0.2) is 9.78 Å². The zero-order valence-electron chi connectivity index (χ0n) is 12.8. The lowest BCUT2D eigenvalue weighted by atomic mass is 10.1. The first-order chi connectivity index (χ1) is 11.5. The lowest BCUT2D eigenvalue weighted by Crippen LogP contribution is -2.06. The number of aromatic nitrogens is 1. The number of pyridine rings is 1. The van der Waals surface area contributed by atoms with Crippen molar-refractivity contribution in [1.29, 1.82) is 0 Å². The van der Waals surface area contributed by atoms with E-state index in [2.05, 4.69) is 4.98 Å². The van der Waals surface area contributed by atoms with Crippen molar-refractivity contribution < 1.29 is 19.7 Å². The van der Waals surface area contributed by atoms with Crippen molar-refractivity contribution in [2.24, 2.45) is 0 Å². The number of fused-ring (bicyclic) bond motifs is 1. The van der Waals surface area contributed by atoms with Crippen LogP contribution in [-0.2, 0) is 11.3 Å². The molecule has 0 spiro atoms. The van der Waals surface area contributed by atoms with Gasteiger partial charge in [0.05, 0.1) is 5.52 Å². The standard InChI is InChI=1S/C18H14ClNO4/c1-10-6-7-13(16(22)15(10)21)18(23)24-9-12-8-11-4-2-3-5-14(11)20-17(12)19/h2-8,21-22H,9H2,1H3. The number of carbonyl (C=O) groups excluding carboxylic acids is 1. The highest BCUT2D eigenvalue weighted by molar-refractivity contribution is 6.30. The van der Waals surface area contributed by atoms with Gasteiger partial charge in [-0.3, -0.25) is 0 Å². The summed E-state index contributed by atoms with van der Waals surface area (Å²) in [6.07, 6.45) is 0. The molecule has 0 fully saturated rings. The maximum absolute atomic E-state index is 12.1. The monoisotopic (exact) mass is 343 g/mol. The number of halogens is 1. The van der Waals surface area contributed by atoms with Gasteiger partial charge in [-0.15, -0.1) is 0 Å². The summed E-state index contributed by atoms with van der Waals surface area (Å²) in [6, 6.07) is 12.2. The molecule has 1 heterocycles. The second-order valence-corrected chi connectivity index (χ2v) is 5.69. The Hall–Kier alpha value is -2.79. The number of rotatable bonds is 3. The van der Waals surface area contributed by atoms with Crippen molar-refractivity contribution >= 4 is 28.5 Å². The van der Waals surface area contributed by atoms with Gasteiger partial charge < -0.3 is 14.9 Å². The van der Waals surface area contributed by atoms with Gasteiger partial charge in [0, 0.05) is 10.9 Å². The summed E-state index contributed by atoms with van der Waals surface area (Å²) in [6.45, 7) is 1.52. The highest BCUT2D eigenvalue weighted by Gasteiger charge is 2.18. The SMILES string of the molecule is Cc1ccc(C(=O)OCc2cc3ccccc3nc2Cl)c(O)c1O. The molecule has 0 aliphatic carbocycles. The van der Waals surface area contributed by atoms with E-state index in [4.69, 9.17) is 16.3 Å². The second-order valence-electron chi connectivity index (χ2n) is 5.33. The molecule has 0 bridgehead atoms. The van der Waals surface area contributed by atoms with E-state index in [1.54, 1.807) is 13.0 Å². The third-order valence-corrected chi connectivity index (χ3v) is 4.01. The van der Waals surface area contributed by atoms with Crippen LogP contribution in [0.3, 0.4) is 0 Å². The Kier molecular flexibility index (Phi) is 4.27. The van der Waals surface area contributed by atoms with Gasteiger partial charge in [-0.05, 0) is 30.7 Å². The molecular formula is C18H14ClNO4. The van der Waals surface area contributed by atoms with Crippen LogP contribution in [0.1, 0.15) is 21.5 Å². The van der Waals surface area contributed by atoms with E-state index in [1.807, 2.05) is 24.3 Å². The van der Waals surface area contributed by atoms with Crippen LogP contribution in [-0.4, -0.2) is 21.2 Å². The van der Waals surface area contributed by atoms with Crippen molar-refractivity contribution in [3.8, 4) is 11.5 Å². The molecule has 24 heavy (non-hydrogen) atoms. The molecule has 0 amide bonds. The fourth-order valence-corrected chi connectivity index (χ4v) is 2.50. The molecule has 0 aliphatic heterocycles. The molecule has 6 heteroatoms. The van der Waals surface area contributed by atoms with E-state index in [0.717, 1.165) is 10.9 Å². The van der Waals surface area contributed by atoms with Crippen LogP contribution in [0.4, 0.5) is 0 Å². The minimum atomic E-state index is -0.757. The minimum absolute atomic E-state index is 0.0937. The molecule has 3 aromatic rings. The van der Waals surface area contributed by atoms with Gasteiger partial charge in [0.1, 0.15) is 17.3 Å². The third kappa shape index (κ3) is 2.98. The average Bonchev–Trinajstić information content (AvgIpc) is 2.57. The molecule has 3 rings (SSSR count). The fourth-order valence-electron chi connectivity index (χ4n) is 2.30. The van der Waals surface area contributed by atoms with Crippen LogP contribution in [0.15, 0.2) is 42.5 Å². The Bertz CT molecular complexity index is 940. The van der Waals surface area contributed by atoms with Gasteiger partial charge in [0.25, 0.3) is 0 Å². The topological polar surface area (TPSA) is 79.7 Å². The van der Waals surface area contributed by atoms with Gasteiger partial charge >= 0.3 is 5.97 Å². The molecule has 0 saturated carbocycles. The highest BCUT2D eigenvalue weighted by atomic mass is 35.5. The zero-order chi connectivity index (χ0) is 17.3. The van der Waals surface area contributed by atoms with E-state index in [1.165, 1.54) is 12.1 Å². The summed E-state index contributed by atoms with van der Waals surface area (Å²) in [5, 5.41) is 20.7. The molecule has 122 valence electrons. The van der Waals surface area contributed by atoms with Crippen LogP contribution in [0, 0.1) is 6.92 Å². The number of benzene rings is 2. The van der Waals surface area contributed by atoms with E-state index >= 15 is 0 Å². The number of phenolic OH excluding ortho intramolecular Hbond substituents is 2. The van der Waals surface area contributed by atoms with Crippen LogP contribution in [0.25, 0.3) is 10.9 Å². The number of hydrogen-bond acceptors (Lipinski definition) is 5. The second kappa shape index (κ2) is 6.37. The Morgan fingerprint density at radius 2 is 1.92 bits per heavy atom. The first-order valence-corrected chi connectivity index (χ1v) is 7.58. The van der Waals surface area contributed by atoms with Crippen LogP contribution >= 0.6 is 11.6 Å². The predicted molar refractivity (Wildman–Crippen MR) is 90.4 cm³/mol. The highest BCUT2D eigenvalue weighted by Crippen LogP contribution is 2.32. The van der Waals surface area contributed by atoms with Gasteiger partial charge in [-0.1, -0.05) is 35.9 Å². The van der Waals surface area contributed by atoms with Gasteiger partial charge in [0.2, 0.25) is 0 Å². The molecule has 2 aromatic carbocycles. The molecule has 0 atom stereocenters. The summed E-state index contributed by atoms with van der Waals surface area (Å²) in [7, 11) is 0. The summed E-state index contributed by atoms with van der Waals surface area (Å²) in [4.78, 5) is 16.4. The maximum Gasteiger partial charge on any atom is 0.342 e. The number of esters is 1. The van der Waals surface area contributed by atoms with Crippen molar-refractivity contribution in [3.63, 3.8) is 0 Å². The van der Waals surface area contributed by atoms with E-state index < -0.39 is 11.7 Å². The lowest BCUT2D eigenvalue weighted by Gasteiger charge is -2.10. The Labute approximate surface area is 143 Å². The first-order valence-electron chi connectivity index (χ1n) is 7.20. The summed E-state index contributed by atoms with van der Waals surface area (Å²) < 4.78 is 5.19. The molecule has 0 unspecified atom stereocenters. The van der Waals surface area contributed by atoms with Gasteiger partial charge in [-0.2, -0.15) is 0 Å². The van der Waals surface area contributed by atoms with Crippen molar-refractivity contribution in [2.75, 3.05) is 0 Å². The summed E-state index contributed by atoms with van der Waals surface area (Å²) in [5.74, 6) is -1.59. The number of carbonyl (C=O) groups is 1. The molecule has 0 radical (unpaired) electrons. The van der Waals surface area contributed by atoms with Crippen molar-refractivity contribution in [1.82, 2.24) is 4.98 Å². The van der Waals surface area contributed by atoms with Gasteiger partial charge in [0.15, 0.2) is 11.5 Å². The normalized spacial score (nSPS) is 10.8. The quantitative estimate of drug-likeness (QED) is 0.427. The number of ether oxygens (including phenoxy) is 1. The third-order valence-electron chi connectivity index (χ3n) is 3.68. The van der Waals surface area contributed by atoms with Crippen LogP contribution in [0.2, 0.25) is 5.15 Å². The number of nitrogens with zero attached hydrogens (tertiary/aromatic N) is 1. The van der Waals surface area contributed by atoms with Crippen LogP contribution < -0.4 is 0 Å². The molecule has 5 nitrogen and oxygen atoms in total. The Balaban J connectivity index is 1.82. The minimum Gasteiger partial charge on any atom is -0.504 e. The lowest BCUT2D eigenvalue weighted by molar-refractivity contribution is 0.0468. The maximum atomic E-state index is 12.1. The molecular weight excluding hydrogens is 330 g/mol. The molecule has 0 saturated heterocycles. The van der Waals surface area contributed by atoms with E-state index in [0.29, 0.717) is 11.1 Å². The Morgan fingerprint density at radius 3 is 2.71 bits per heavy atom. The average molecular weight is 344 g/mol. The molecule has 2 N–H and O–H groups in total. The zero-order valence-corrected chi connectivity index (χ0v) is 13.5. The van der Waals surface area contributed by atoms with Crippen LogP contribution in [0.5, 0.6) is 11.5 Å².